The fourth-order valence-corrected chi connectivity index (χ4v) is 2.41. The van der Waals surface area contributed by atoms with E-state index in [2.05, 4.69) is 33.2 Å². The van der Waals surface area contributed by atoms with E-state index >= 15 is 0 Å². The van der Waals surface area contributed by atoms with Crippen LogP contribution in [0.15, 0.2) is 47.7 Å². The molecule has 3 N–H and O–H groups in total. The Labute approximate surface area is 166 Å². The molecule has 0 aliphatic heterocycles. The normalized spacial score (nSPS) is 10.8. The summed E-state index contributed by atoms with van der Waals surface area (Å²) >= 11 is 0. The summed E-state index contributed by atoms with van der Waals surface area (Å²) in [6.45, 7) is 1.47. The molecule has 0 unspecified atom stereocenters. The first-order valence-electron chi connectivity index (χ1n) is 7.98. The van der Waals surface area contributed by atoms with Crippen molar-refractivity contribution in [1.29, 1.82) is 0 Å². The SMILES string of the molecule is CN=C(NCCc1cccc(C(=O)NC)c1)NCc1ccn(C)c1.I. The molecule has 6 nitrogen and oxygen atoms in total. The summed E-state index contributed by atoms with van der Waals surface area (Å²) in [5.41, 5.74) is 3.00. The van der Waals surface area contributed by atoms with Crippen LogP contribution >= 0.6 is 24.0 Å². The van der Waals surface area contributed by atoms with E-state index in [9.17, 15) is 4.79 Å². The summed E-state index contributed by atoms with van der Waals surface area (Å²) < 4.78 is 2.02. The highest BCUT2D eigenvalue weighted by Gasteiger charge is 2.04. The van der Waals surface area contributed by atoms with Gasteiger partial charge in [0, 0.05) is 52.2 Å². The number of nitrogens with zero attached hydrogens (tertiary/aromatic N) is 2. The molecule has 0 spiro atoms. The lowest BCUT2D eigenvalue weighted by molar-refractivity contribution is 0.0963. The number of hydrogen-bond acceptors (Lipinski definition) is 2. The van der Waals surface area contributed by atoms with Crippen LogP contribution in [0, 0.1) is 0 Å². The number of aliphatic imine (C=N–C) groups is 1. The Morgan fingerprint density at radius 3 is 2.64 bits per heavy atom. The smallest absolute Gasteiger partial charge is 0.251 e. The number of hydrogen-bond donors (Lipinski definition) is 3. The van der Waals surface area contributed by atoms with Gasteiger partial charge in [0.05, 0.1) is 0 Å². The van der Waals surface area contributed by atoms with Crippen molar-refractivity contribution >= 4 is 35.8 Å². The molecular weight excluding hydrogens is 429 g/mol. The summed E-state index contributed by atoms with van der Waals surface area (Å²) in [6.07, 6.45) is 4.91. The highest BCUT2D eigenvalue weighted by atomic mass is 127. The van der Waals surface area contributed by atoms with Gasteiger partial charge in [0.25, 0.3) is 5.91 Å². The van der Waals surface area contributed by atoms with E-state index in [-0.39, 0.29) is 29.9 Å². The van der Waals surface area contributed by atoms with Gasteiger partial charge in [-0.3, -0.25) is 9.79 Å². The molecule has 0 saturated heterocycles. The quantitative estimate of drug-likeness (QED) is 0.354. The maximum absolute atomic E-state index is 11.7. The lowest BCUT2D eigenvalue weighted by Crippen LogP contribution is -2.37. The minimum absolute atomic E-state index is 0. The molecule has 0 fully saturated rings. The molecule has 0 radical (unpaired) electrons. The van der Waals surface area contributed by atoms with Gasteiger partial charge in [0.2, 0.25) is 0 Å². The molecule has 1 aromatic heterocycles. The minimum Gasteiger partial charge on any atom is -0.357 e. The van der Waals surface area contributed by atoms with E-state index in [4.69, 9.17) is 0 Å². The number of guanidine groups is 1. The first-order valence-corrected chi connectivity index (χ1v) is 7.98. The van der Waals surface area contributed by atoms with E-state index in [1.165, 1.54) is 5.56 Å². The Bertz CT molecular complexity index is 711. The van der Waals surface area contributed by atoms with Crippen molar-refractivity contribution in [3.8, 4) is 0 Å². The molecule has 0 saturated carbocycles. The lowest BCUT2D eigenvalue weighted by Gasteiger charge is -2.11. The molecule has 25 heavy (non-hydrogen) atoms. The fraction of sp³-hybridized carbons (Fsp3) is 0.333. The minimum atomic E-state index is -0.0647. The average molecular weight is 455 g/mol. The zero-order valence-electron chi connectivity index (χ0n) is 14.9. The third-order valence-corrected chi connectivity index (χ3v) is 3.70. The number of nitrogens with one attached hydrogen (secondary N) is 3. The van der Waals surface area contributed by atoms with Crippen LogP contribution in [0.4, 0.5) is 0 Å². The molecular formula is C18H26IN5O. The molecule has 0 aliphatic rings. The zero-order valence-corrected chi connectivity index (χ0v) is 17.2. The molecule has 1 heterocycles. The maximum Gasteiger partial charge on any atom is 0.251 e. The highest BCUT2D eigenvalue weighted by molar-refractivity contribution is 14.0. The van der Waals surface area contributed by atoms with Crippen LogP contribution in [0.3, 0.4) is 0 Å². The third kappa shape index (κ3) is 6.77. The fourth-order valence-electron chi connectivity index (χ4n) is 2.41. The van der Waals surface area contributed by atoms with Crippen LogP contribution in [0.25, 0.3) is 0 Å². The topological polar surface area (TPSA) is 70.4 Å². The number of benzene rings is 1. The Kier molecular flexibility index (Phi) is 9.04. The van der Waals surface area contributed by atoms with Crippen molar-refractivity contribution in [2.75, 3.05) is 20.6 Å². The number of carbonyl (C=O) groups excluding carboxylic acids is 1. The van der Waals surface area contributed by atoms with Crippen molar-refractivity contribution in [2.45, 2.75) is 13.0 Å². The molecule has 0 atom stereocenters. The van der Waals surface area contributed by atoms with Gasteiger partial charge in [-0.05, 0) is 35.7 Å². The van der Waals surface area contributed by atoms with E-state index in [0.717, 1.165) is 31.0 Å². The van der Waals surface area contributed by atoms with Crippen molar-refractivity contribution < 1.29 is 4.79 Å². The molecule has 2 rings (SSSR count). The van der Waals surface area contributed by atoms with Crippen molar-refractivity contribution in [1.82, 2.24) is 20.5 Å². The van der Waals surface area contributed by atoms with E-state index in [0.29, 0.717) is 5.56 Å². The van der Waals surface area contributed by atoms with Crippen LogP contribution < -0.4 is 16.0 Å². The van der Waals surface area contributed by atoms with Gasteiger partial charge in [-0.2, -0.15) is 0 Å². The molecule has 1 aromatic carbocycles. The van der Waals surface area contributed by atoms with Crippen LogP contribution in [0.5, 0.6) is 0 Å². The molecule has 2 aromatic rings. The molecule has 136 valence electrons. The maximum atomic E-state index is 11.7. The largest absolute Gasteiger partial charge is 0.357 e. The monoisotopic (exact) mass is 455 g/mol. The first kappa shape index (κ1) is 21.0. The van der Waals surface area contributed by atoms with Crippen LogP contribution in [0.1, 0.15) is 21.5 Å². The summed E-state index contributed by atoms with van der Waals surface area (Å²) in [5, 5.41) is 9.22. The second-order valence-corrected chi connectivity index (χ2v) is 5.57. The van der Waals surface area contributed by atoms with Gasteiger partial charge < -0.3 is 20.5 Å². The van der Waals surface area contributed by atoms with Crippen LogP contribution in [-0.2, 0) is 20.0 Å². The molecule has 7 heteroatoms. The first-order chi connectivity index (χ1) is 11.6. The Balaban J connectivity index is 0.00000312. The number of carbonyl (C=O) groups is 1. The Morgan fingerprint density at radius 2 is 2.00 bits per heavy atom. The van der Waals surface area contributed by atoms with Gasteiger partial charge in [0.1, 0.15) is 0 Å². The number of amides is 1. The van der Waals surface area contributed by atoms with Gasteiger partial charge in [-0.15, -0.1) is 24.0 Å². The third-order valence-electron chi connectivity index (χ3n) is 3.70. The molecule has 0 bridgehead atoms. The molecule has 1 amide bonds. The number of aryl methyl sites for hydroxylation is 1. The summed E-state index contributed by atoms with van der Waals surface area (Å²) in [5.74, 6) is 0.700. The van der Waals surface area contributed by atoms with E-state index < -0.39 is 0 Å². The highest BCUT2D eigenvalue weighted by Crippen LogP contribution is 2.05. The van der Waals surface area contributed by atoms with Crippen molar-refractivity contribution in [2.24, 2.45) is 12.0 Å². The van der Waals surface area contributed by atoms with Gasteiger partial charge in [0.15, 0.2) is 5.96 Å². The second-order valence-electron chi connectivity index (χ2n) is 5.57. The van der Waals surface area contributed by atoms with Gasteiger partial charge in [-0.1, -0.05) is 12.1 Å². The van der Waals surface area contributed by atoms with Crippen LogP contribution in [-0.4, -0.2) is 37.1 Å². The van der Waals surface area contributed by atoms with Crippen molar-refractivity contribution in [3.05, 3.63) is 59.4 Å². The summed E-state index contributed by atoms with van der Waals surface area (Å²) in [6, 6.07) is 9.73. The molecule has 0 aliphatic carbocycles. The standard InChI is InChI=1S/C18H25N5O.HI/c1-19-17(24)16-6-4-5-14(11-16)7-9-21-18(20-2)22-12-15-8-10-23(3)13-15;/h4-6,8,10-11,13H,7,9,12H2,1-3H3,(H,19,24)(H2,20,21,22);1H. The van der Waals surface area contributed by atoms with Crippen LogP contribution in [0.2, 0.25) is 0 Å². The number of halogens is 1. The Hall–Kier alpha value is -2.03. The number of aromatic nitrogens is 1. The lowest BCUT2D eigenvalue weighted by atomic mass is 10.1. The summed E-state index contributed by atoms with van der Waals surface area (Å²) in [7, 11) is 5.40. The average Bonchev–Trinajstić information content (AvgIpc) is 3.02. The zero-order chi connectivity index (χ0) is 17.4. The van der Waals surface area contributed by atoms with Gasteiger partial charge >= 0.3 is 0 Å². The predicted molar refractivity (Wildman–Crippen MR) is 113 cm³/mol. The van der Waals surface area contributed by atoms with Gasteiger partial charge in [-0.25, -0.2) is 0 Å². The predicted octanol–water partition coefficient (Wildman–Crippen LogP) is 1.91. The second kappa shape index (κ2) is 10.8. The number of rotatable bonds is 6. The van der Waals surface area contributed by atoms with Crippen molar-refractivity contribution in [3.63, 3.8) is 0 Å². The summed E-state index contributed by atoms with van der Waals surface area (Å²) in [4.78, 5) is 15.9. The van der Waals surface area contributed by atoms with E-state index in [1.54, 1.807) is 14.1 Å². The van der Waals surface area contributed by atoms with E-state index in [1.807, 2.05) is 42.1 Å². The Morgan fingerprint density at radius 1 is 1.20 bits per heavy atom.